The summed E-state index contributed by atoms with van der Waals surface area (Å²) >= 11 is 5.22. The highest BCUT2D eigenvalue weighted by Gasteiger charge is 2.13. The molecule has 0 aliphatic heterocycles. The van der Waals surface area contributed by atoms with E-state index in [2.05, 4.69) is 24.3 Å². The van der Waals surface area contributed by atoms with E-state index in [4.69, 9.17) is 25.8 Å². The molecule has 0 spiro atoms. The van der Waals surface area contributed by atoms with E-state index in [0.29, 0.717) is 23.2 Å². The molecule has 6 nitrogen and oxygen atoms in total. The summed E-state index contributed by atoms with van der Waals surface area (Å²) in [5, 5.41) is 4.37. The van der Waals surface area contributed by atoms with E-state index < -0.39 is 0 Å². The number of quaternary nitrogens is 1. The maximum atomic E-state index is 5.48. The van der Waals surface area contributed by atoms with Crippen molar-refractivity contribution in [1.29, 1.82) is 0 Å². The Morgan fingerprint density at radius 1 is 1.26 bits per heavy atom. The molecule has 0 bridgehead atoms. The molecule has 3 aromatic rings. The minimum Gasteiger partial charge on any atom is -0.497 e. The normalized spacial score (nSPS) is 12.3. The average Bonchev–Trinajstić information content (AvgIpc) is 3.18. The van der Waals surface area contributed by atoms with Crippen molar-refractivity contribution >= 4 is 12.2 Å². The van der Waals surface area contributed by atoms with E-state index in [1.54, 1.807) is 30.2 Å². The van der Waals surface area contributed by atoms with Crippen LogP contribution in [-0.4, -0.2) is 23.9 Å². The van der Waals surface area contributed by atoms with E-state index in [1.807, 2.05) is 12.1 Å². The Morgan fingerprint density at radius 2 is 2.04 bits per heavy atom. The minimum absolute atomic E-state index is 0.338. The number of ether oxygens (including phenoxy) is 1. The van der Waals surface area contributed by atoms with Gasteiger partial charge in [-0.05, 0) is 48.6 Å². The molecule has 0 saturated carbocycles. The molecular formula is C16H18N3O3S+. The Labute approximate surface area is 138 Å². The van der Waals surface area contributed by atoms with Crippen molar-refractivity contribution in [2.45, 2.75) is 13.2 Å². The zero-order chi connectivity index (χ0) is 16.2. The number of rotatable bonds is 6. The molecule has 1 aromatic carbocycles. The lowest BCUT2D eigenvalue weighted by Crippen LogP contribution is -3.07. The number of hydrogen-bond donors (Lipinski definition) is 1. The van der Waals surface area contributed by atoms with Crippen molar-refractivity contribution in [3.05, 3.63) is 53.1 Å². The highest BCUT2D eigenvalue weighted by atomic mass is 32.1. The monoisotopic (exact) mass is 332 g/mol. The van der Waals surface area contributed by atoms with Gasteiger partial charge in [-0.3, -0.25) is 0 Å². The maximum Gasteiger partial charge on any atom is 0.292 e. The van der Waals surface area contributed by atoms with Crippen molar-refractivity contribution in [3.63, 3.8) is 0 Å². The van der Waals surface area contributed by atoms with Crippen LogP contribution in [0, 0.1) is 4.84 Å². The first-order valence-corrected chi connectivity index (χ1v) is 7.62. The zero-order valence-electron chi connectivity index (χ0n) is 13.0. The smallest absolute Gasteiger partial charge is 0.292 e. The Hall–Kier alpha value is -2.38. The minimum atomic E-state index is 0.338. The lowest BCUT2D eigenvalue weighted by atomic mass is 10.2. The molecule has 1 N–H and O–H groups in total. The summed E-state index contributed by atoms with van der Waals surface area (Å²) in [6, 6.07) is 11.6. The zero-order valence-corrected chi connectivity index (χ0v) is 13.8. The Balaban J connectivity index is 1.67. The highest BCUT2D eigenvalue weighted by Crippen LogP contribution is 2.17. The molecule has 0 radical (unpaired) electrons. The van der Waals surface area contributed by atoms with E-state index >= 15 is 0 Å². The summed E-state index contributed by atoms with van der Waals surface area (Å²) in [5.74, 6) is 1.83. The lowest BCUT2D eigenvalue weighted by Gasteiger charge is -2.13. The largest absolute Gasteiger partial charge is 0.497 e. The topological polar surface area (TPSA) is 57.8 Å². The van der Waals surface area contributed by atoms with Crippen LogP contribution >= 0.6 is 12.2 Å². The molecule has 0 saturated heterocycles. The van der Waals surface area contributed by atoms with E-state index in [0.717, 1.165) is 12.3 Å². The van der Waals surface area contributed by atoms with Crippen LogP contribution in [0.15, 0.2) is 51.5 Å². The van der Waals surface area contributed by atoms with Crippen LogP contribution in [0.3, 0.4) is 0 Å². The predicted octanol–water partition coefficient (Wildman–Crippen LogP) is 2.15. The summed E-state index contributed by atoms with van der Waals surface area (Å²) in [5.41, 5.74) is 1.21. The van der Waals surface area contributed by atoms with Crippen LogP contribution in [0.25, 0.3) is 11.7 Å². The third-order valence-corrected chi connectivity index (χ3v) is 3.72. The van der Waals surface area contributed by atoms with E-state index in [-0.39, 0.29) is 0 Å². The van der Waals surface area contributed by atoms with Gasteiger partial charge in [0.25, 0.3) is 10.7 Å². The first-order chi connectivity index (χ1) is 11.2. The van der Waals surface area contributed by atoms with Crippen LogP contribution in [0.1, 0.15) is 5.56 Å². The summed E-state index contributed by atoms with van der Waals surface area (Å²) in [4.78, 5) is 1.57. The summed E-state index contributed by atoms with van der Waals surface area (Å²) in [7, 11) is 3.74. The number of nitrogens with zero attached hydrogens (tertiary/aromatic N) is 2. The highest BCUT2D eigenvalue weighted by molar-refractivity contribution is 7.71. The molecule has 0 aliphatic rings. The van der Waals surface area contributed by atoms with Crippen LogP contribution in [0.2, 0.25) is 0 Å². The number of furan rings is 1. The van der Waals surface area contributed by atoms with Crippen molar-refractivity contribution in [3.8, 4) is 17.4 Å². The summed E-state index contributed by atoms with van der Waals surface area (Å²) in [6.07, 6.45) is 1.58. The molecule has 0 aliphatic carbocycles. The number of hydrogen-bond acceptors (Lipinski definition) is 5. The van der Waals surface area contributed by atoms with Gasteiger partial charge >= 0.3 is 0 Å². The Morgan fingerprint density at radius 3 is 2.70 bits per heavy atom. The number of benzene rings is 1. The van der Waals surface area contributed by atoms with E-state index in [9.17, 15) is 0 Å². The van der Waals surface area contributed by atoms with Crippen LogP contribution in [0.5, 0.6) is 5.75 Å². The average molecular weight is 332 g/mol. The molecule has 2 heterocycles. The van der Waals surface area contributed by atoms with Crippen LogP contribution < -0.4 is 9.64 Å². The fraction of sp³-hybridized carbons (Fsp3) is 0.250. The quantitative estimate of drug-likeness (QED) is 0.701. The Bertz CT molecular complexity index is 806. The molecule has 1 atom stereocenters. The molecule has 120 valence electrons. The second-order valence-electron chi connectivity index (χ2n) is 5.29. The lowest BCUT2D eigenvalue weighted by molar-refractivity contribution is -0.917. The molecular weight excluding hydrogens is 314 g/mol. The SMILES string of the molecule is COc1ccc(C[NH+](C)Cn2nc(-c3ccco3)oc2=S)cc1. The van der Waals surface area contributed by atoms with Gasteiger partial charge in [0.2, 0.25) is 0 Å². The van der Waals surface area contributed by atoms with Gasteiger partial charge in [-0.15, -0.1) is 5.10 Å². The third kappa shape index (κ3) is 3.69. The first kappa shape index (κ1) is 15.5. The number of nitrogens with one attached hydrogen (secondary N) is 1. The van der Waals surface area contributed by atoms with Crippen LogP contribution in [0.4, 0.5) is 0 Å². The van der Waals surface area contributed by atoms with Crippen LogP contribution in [-0.2, 0) is 13.2 Å². The molecule has 3 rings (SSSR count). The van der Waals surface area contributed by atoms with Gasteiger partial charge in [0, 0.05) is 5.56 Å². The first-order valence-electron chi connectivity index (χ1n) is 7.22. The second-order valence-corrected chi connectivity index (χ2v) is 5.64. The molecule has 0 fully saturated rings. The van der Waals surface area contributed by atoms with Gasteiger partial charge in [-0.2, -0.15) is 4.68 Å². The van der Waals surface area contributed by atoms with Gasteiger partial charge < -0.3 is 18.5 Å². The molecule has 7 heteroatoms. The van der Waals surface area contributed by atoms with Crippen molar-refractivity contribution < 1.29 is 18.5 Å². The fourth-order valence-corrected chi connectivity index (χ4v) is 2.49. The van der Waals surface area contributed by atoms with Gasteiger partial charge in [-0.25, -0.2) is 0 Å². The van der Waals surface area contributed by atoms with E-state index in [1.165, 1.54) is 10.5 Å². The van der Waals surface area contributed by atoms with Gasteiger partial charge in [0.1, 0.15) is 12.3 Å². The third-order valence-electron chi connectivity index (χ3n) is 3.42. The molecule has 0 amide bonds. The van der Waals surface area contributed by atoms with Gasteiger partial charge in [-0.1, -0.05) is 0 Å². The van der Waals surface area contributed by atoms with Gasteiger partial charge in [0.15, 0.2) is 12.4 Å². The van der Waals surface area contributed by atoms with Gasteiger partial charge in [0.05, 0.1) is 20.4 Å². The number of methoxy groups -OCH3 is 1. The number of aromatic nitrogens is 2. The summed E-state index contributed by atoms with van der Waals surface area (Å²) in [6.45, 7) is 1.45. The molecule has 2 aromatic heterocycles. The maximum absolute atomic E-state index is 5.48. The summed E-state index contributed by atoms with van der Waals surface area (Å²) < 4.78 is 17.6. The molecule has 23 heavy (non-hydrogen) atoms. The fourth-order valence-electron chi connectivity index (χ4n) is 2.31. The predicted molar refractivity (Wildman–Crippen MR) is 86.6 cm³/mol. The molecule has 1 unspecified atom stereocenters. The van der Waals surface area contributed by atoms with Crippen molar-refractivity contribution in [2.24, 2.45) is 0 Å². The van der Waals surface area contributed by atoms with Crippen molar-refractivity contribution in [1.82, 2.24) is 9.78 Å². The second kappa shape index (κ2) is 6.80. The Kier molecular flexibility index (Phi) is 4.59. The van der Waals surface area contributed by atoms with Crippen molar-refractivity contribution in [2.75, 3.05) is 14.2 Å². The standard InChI is InChI=1S/C16H17N3O3S/c1-18(10-12-5-7-13(20-2)8-6-12)11-19-16(23)22-15(17-19)14-4-3-9-21-14/h3-9H,10-11H2,1-2H3/p+1.